The van der Waals surface area contributed by atoms with Crippen LogP contribution < -0.4 is 159 Å². The number of halogens is 3. The van der Waals surface area contributed by atoms with Gasteiger partial charge in [0.2, 0.25) is 0 Å². The van der Waals surface area contributed by atoms with Gasteiger partial charge < -0.3 is 62.1 Å². The third kappa shape index (κ3) is 55.7. The molecule has 19 nitrogen and oxygen atoms in total. The number of amidine groups is 4. The molecule has 664 valence electrons. The van der Waals surface area contributed by atoms with Gasteiger partial charge in [-0.1, -0.05) is 261 Å². The molecule has 2 aliphatic heterocycles. The molecule has 0 amide bonds. The molecule has 24 heteroatoms. The van der Waals surface area contributed by atoms with Crippen molar-refractivity contribution in [1.82, 2.24) is 10.6 Å². The van der Waals surface area contributed by atoms with Crippen LogP contribution in [0.15, 0.2) is 253 Å². The number of nitrogens with two attached hydrogens (primary N) is 2. The van der Waals surface area contributed by atoms with Crippen molar-refractivity contribution in [3.63, 3.8) is 0 Å². The van der Waals surface area contributed by atoms with Crippen LogP contribution in [0.1, 0.15) is 214 Å². The Hall–Kier alpha value is -8.55. The Bertz CT molecular complexity index is 4180. The third-order valence-electron chi connectivity index (χ3n) is 14.6. The van der Waals surface area contributed by atoms with Crippen LogP contribution in [-0.4, -0.2) is 63.1 Å². The van der Waals surface area contributed by atoms with E-state index in [1.807, 2.05) is 242 Å². The number of nitrogens with zero attached hydrogens (tertiary/aromatic N) is 4. The van der Waals surface area contributed by atoms with Crippen LogP contribution in [0.25, 0.3) is 4.85 Å². The maximum Gasteiger partial charge on any atom is 1.00 e. The molecule has 12 rings (SSSR count). The monoisotopic (exact) mass is 1880 g/mol. The molecule has 0 bridgehead atoms. The summed E-state index contributed by atoms with van der Waals surface area (Å²) in [7, 11) is -1.00. The van der Waals surface area contributed by atoms with Crippen LogP contribution in [-0.2, 0) is 60.0 Å². The van der Waals surface area contributed by atoms with E-state index in [1.165, 1.54) is 11.1 Å². The summed E-state index contributed by atoms with van der Waals surface area (Å²) >= 11 is 6.81. The molecule has 0 aliphatic carbocycles. The molecule has 10 aromatic carbocycles. The summed E-state index contributed by atoms with van der Waals surface area (Å²) in [6, 6.07) is 79.3. The maximum atomic E-state index is 9.96. The van der Waals surface area contributed by atoms with Gasteiger partial charge in [-0.05, 0) is 196 Å². The first-order valence-corrected chi connectivity index (χ1v) is 44.0. The number of alkyl halides is 3. The summed E-state index contributed by atoms with van der Waals surface area (Å²) in [6.07, 6.45) is 0. The first-order chi connectivity index (χ1) is 60.3. The second kappa shape index (κ2) is 87.9. The van der Waals surface area contributed by atoms with E-state index in [0.29, 0.717) is 62.0 Å². The number of ether oxygens (including phenoxy) is 6. The summed E-state index contributed by atoms with van der Waals surface area (Å²) in [6.45, 7) is 53.0. The molecule has 8 N–H and O–H groups in total. The van der Waals surface area contributed by atoms with Crippen LogP contribution in [0, 0.1) is 28.7 Å². The number of hydrogen-bond acceptors (Lipinski definition) is 16. The molecule has 0 saturated carbocycles. The summed E-state index contributed by atoms with van der Waals surface area (Å²) in [4.78, 5) is 23.5. The van der Waals surface area contributed by atoms with Gasteiger partial charge in [0.1, 0.15) is 97.5 Å². The Morgan fingerprint density at radius 2 is 0.669 bits per heavy atom. The van der Waals surface area contributed by atoms with Crippen molar-refractivity contribution < 1.29 is 153 Å². The van der Waals surface area contributed by atoms with E-state index in [9.17, 15) is 4.39 Å². The number of rotatable bonds is 25. The average molecular weight is 1880 g/mol. The van der Waals surface area contributed by atoms with Crippen molar-refractivity contribution in [3.8, 4) is 40.6 Å². The van der Waals surface area contributed by atoms with Crippen LogP contribution >= 0.6 is 31.9 Å². The van der Waals surface area contributed by atoms with Crippen LogP contribution in [0.2, 0.25) is 0 Å². The van der Waals surface area contributed by atoms with E-state index in [4.69, 9.17) is 74.0 Å². The van der Waals surface area contributed by atoms with Crippen molar-refractivity contribution in [1.29, 1.82) is 16.1 Å². The molecule has 0 aromatic heterocycles. The van der Waals surface area contributed by atoms with Gasteiger partial charge in [-0.3, -0.25) is 30.0 Å². The Kier molecular flexibility index (Phi) is 87.9. The zero-order valence-corrected chi connectivity index (χ0v) is 87.0. The molecule has 0 radical (unpaired) electrons. The molecule has 0 atom stereocenters. The predicted octanol–water partition coefficient (Wildman–Crippen LogP) is 19.1. The van der Waals surface area contributed by atoms with Gasteiger partial charge in [-0.2, -0.15) is 5.26 Å². The largest absolute Gasteiger partial charge is 1.00 e. The van der Waals surface area contributed by atoms with E-state index in [-0.39, 0.29) is 122 Å². The van der Waals surface area contributed by atoms with Crippen molar-refractivity contribution in [2.24, 2.45) is 21.5 Å². The molecule has 0 spiro atoms. The molecule has 0 unspecified atom stereocenters. The van der Waals surface area contributed by atoms with Gasteiger partial charge >= 0.3 is 103 Å². The second-order valence-corrected chi connectivity index (χ2v) is 23.1. The van der Waals surface area contributed by atoms with Gasteiger partial charge in [0.05, 0.1) is 39.8 Å². The predicted molar refractivity (Wildman–Crippen MR) is 516 cm³/mol. The van der Waals surface area contributed by atoms with E-state index in [0.717, 1.165) is 128 Å². The van der Waals surface area contributed by atoms with Gasteiger partial charge in [-0.15, -0.1) is 0 Å². The Morgan fingerprint density at radius 1 is 0.452 bits per heavy atom. The van der Waals surface area contributed by atoms with Gasteiger partial charge in [0.25, 0.3) is 6.47 Å². The molecule has 2 aliphatic rings. The van der Waals surface area contributed by atoms with Crippen molar-refractivity contribution >= 4 is 67.4 Å². The molecule has 0 fully saturated rings. The number of nitrogens with one attached hydrogen (secondary N) is 4. The fourth-order valence-electron chi connectivity index (χ4n) is 9.53. The van der Waals surface area contributed by atoms with Crippen molar-refractivity contribution in [2.75, 3.05) is 33.3 Å². The molecular weight excluding hydrogens is 1740 g/mol. The number of carbonyl (C=O) groups excluding carboxylic acids is 1. The zero-order chi connectivity index (χ0) is 93.2. The van der Waals surface area contributed by atoms with Crippen LogP contribution in [0.5, 0.6) is 34.5 Å². The topological polar surface area (TPSA) is 281 Å². The van der Waals surface area contributed by atoms with Crippen molar-refractivity contribution in [2.45, 2.75) is 189 Å². The minimum atomic E-state index is -1.00. The van der Waals surface area contributed by atoms with Gasteiger partial charge in [0.15, 0.2) is 5.69 Å². The fraction of sp³-hybridized carbons (Fsp3) is 0.330. The molecule has 0 saturated heterocycles. The molecule has 2 heterocycles. The maximum absolute atomic E-state index is 9.96. The number of benzene rings is 10. The first-order valence-electron chi connectivity index (χ1n) is 42.4. The number of nitriles is 1. The Balaban J connectivity index is -0.000000280. The quantitative estimate of drug-likeness (QED) is 0.00454. The Morgan fingerprint density at radius 3 is 0.871 bits per heavy atom. The molecule has 10 aromatic rings. The molecular formula is C100H137Br2FK2N10O9. The second-order valence-electron chi connectivity index (χ2n) is 22.0. The van der Waals surface area contributed by atoms with E-state index >= 15 is 0 Å². The van der Waals surface area contributed by atoms with Crippen LogP contribution in [0.3, 0.4) is 0 Å². The first kappa shape index (κ1) is 124. The smallest absolute Gasteiger partial charge is 1.00 e. The minimum absolute atomic E-state index is 0. The standard InChI is InChI=1S/C26H26N4O2.C22H22N4O2.C22H16N2O2.C8H8Br2.10C2H6.CH3F.CH2O3.2K.H/c1-2-19(17-31-23-8-4-21(5-9-23)25-27-12-13-28-25)16-20(3-1)18-32-24-10-6-22(7-11-24)26-29-14-15-30-26;23-21(24)17-4-8-19(9-5-17)27-13-15-2-1-3-16(12-15)14-28-20-10-6-18(7-11-20)22(25)26;1-24-20-7-11-22(12-8-20)26-16-19-4-2-3-18(13-19)15-25-21-9-5-17(14-23)6-10-21;9-5-7-2-1-3-8(4-7)6-10;11*1-2;2-1-4-3;;;/h1-11,16H,12-15,17-18H2,(H,27,28)(H,29,30);1-12H,13-14H2,(H3,23,24)(H3,25,26);2-13H,15-16H2;1-4H,5-6H2;10*1-2H3;1H3;1,3H;;;/q;;;;;;;;;;;;;;;;2*+1;-1/p-1/i;;;;;;;;;;;;;;1D;;;;. The number of hydrogen-bond donors (Lipinski definition) is 6. The fourth-order valence-corrected chi connectivity index (χ4v) is 10.2. The Labute approximate surface area is 848 Å². The summed E-state index contributed by atoms with van der Waals surface area (Å²) in [5, 5.41) is 40.5. The molecule has 124 heavy (non-hydrogen) atoms. The third-order valence-corrected chi connectivity index (χ3v) is 15.9. The number of carbonyl (C=O) groups is 1. The number of aliphatic imine (C=N–C) groups is 2. The summed E-state index contributed by atoms with van der Waals surface area (Å²) < 4.78 is 50.6. The van der Waals surface area contributed by atoms with E-state index < -0.39 is 7.15 Å². The number of nitrogen functional groups attached to an aromatic ring is 2. The minimum Gasteiger partial charge on any atom is -1.00 e. The SMILES string of the molecule is BrCc1cccc(CBr)c1.CC.CC.CC.CC.CC.CC.CC.CC.CC.CC.N=C(N)c1ccc(OCc2cccc(COc3ccc(C(=N)N)cc3)c2)cc1.O=CO[O-].[2H]CF.[C-]#[N+]c1ccc(OCc2cccc(COc3ccc(C#N)cc3)c2)cc1.[H-].[K+].[K+].c1cc(COc2ccc(C3=NCCN3)cc2)cc(COc2ccc(C3=NCCN3)cc2)c1. The average Bonchev–Trinajstić information content (AvgIpc) is 1.66. The summed E-state index contributed by atoms with van der Waals surface area (Å²) in [5.41, 5.74) is 24.7. The zero-order valence-electron chi connectivity index (χ0n) is 79.6. The van der Waals surface area contributed by atoms with Crippen LogP contribution in [0.4, 0.5) is 10.1 Å². The van der Waals surface area contributed by atoms with E-state index in [1.54, 1.807) is 97.1 Å². The van der Waals surface area contributed by atoms with E-state index in [2.05, 4.69) is 111 Å². The van der Waals surface area contributed by atoms with Gasteiger partial charge in [-0.25, -0.2) is 4.85 Å². The normalized spacial score (nSPS) is 9.81. The van der Waals surface area contributed by atoms with Crippen molar-refractivity contribution in [3.05, 3.63) is 326 Å². The summed E-state index contributed by atoms with van der Waals surface area (Å²) in [5.74, 6) is 6.58. The van der Waals surface area contributed by atoms with Gasteiger partial charge in [0, 0.05) is 46.0 Å².